The number of benzene rings is 1. The molecule has 1 aromatic carbocycles. The van der Waals surface area contributed by atoms with Crippen molar-refractivity contribution >= 4 is 44.6 Å². The number of aryl methyl sites for hydroxylation is 1. The molecule has 5 nitrogen and oxygen atoms in total. The summed E-state index contributed by atoms with van der Waals surface area (Å²) in [5.74, 6) is 0. The third-order valence-electron chi connectivity index (χ3n) is 6.85. The molecule has 3 rings (SSSR count). The van der Waals surface area contributed by atoms with E-state index in [0.29, 0.717) is 60.2 Å². The predicted octanol–water partition coefficient (Wildman–Crippen LogP) is 3.49. The first-order chi connectivity index (χ1) is 13.8. The molecule has 0 radical (unpaired) electrons. The molecular weight excluding hydrogens is 548 g/mol. The summed E-state index contributed by atoms with van der Waals surface area (Å²) in [5.41, 5.74) is 0.421. The summed E-state index contributed by atoms with van der Waals surface area (Å²) in [7, 11) is -5.59. The van der Waals surface area contributed by atoms with E-state index in [1.54, 1.807) is 12.1 Å². The van der Waals surface area contributed by atoms with Gasteiger partial charge in [-0.2, -0.15) is 0 Å². The number of rotatable bonds is 7. The zero-order chi connectivity index (χ0) is 22.4. The molecule has 1 saturated heterocycles. The third kappa shape index (κ3) is 5.27. The SMILES string of the molecule is Cc1ccc(S(=O)(=O)N[C@@]2(CCO[Si](C)(C)C(C)(C)C)C[C@@H](O)[C@H]3C[C@@H]2[Se][Se]3)cc1. The molecule has 30 heavy (non-hydrogen) atoms. The third-order valence-corrected chi connectivity index (χ3v) is 23.0. The molecule has 0 amide bonds. The Balaban J connectivity index is 1.85. The van der Waals surface area contributed by atoms with Crippen LogP contribution in [0.25, 0.3) is 0 Å². The maximum atomic E-state index is 13.3. The van der Waals surface area contributed by atoms with Crippen molar-refractivity contribution in [3.63, 3.8) is 0 Å². The second-order valence-corrected chi connectivity index (χ2v) is 24.1. The van der Waals surface area contributed by atoms with Crippen LogP contribution < -0.4 is 4.72 Å². The van der Waals surface area contributed by atoms with Gasteiger partial charge in [-0.25, -0.2) is 0 Å². The van der Waals surface area contributed by atoms with Gasteiger partial charge in [0.25, 0.3) is 0 Å². The summed E-state index contributed by atoms with van der Waals surface area (Å²) in [6.07, 6.45) is 1.64. The van der Waals surface area contributed by atoms with Gasteiger partial charge < -0.3 is 0 Å². The van der Waals surface area contributed by atoms with Crippen molar-refractivity contribution in [2.24, 2.45) is 0 Å². The van der Waals surface area contributed by atoms with Crippen molar-refractivity contribution < 1.29 is 18.0 Å². The molecule has 4 atom stereocenters. The van der Waals surface area contributed by atoms with Crippen molar-refractivity contribution in [1.29, 1.82) is 0 Å². The van der Waals surface area contributed by atoms with Crippen LogP contribution in [0.2, 0.25) is 27.8 Å². The van der Waals surface area contributed by atoms with Crippen molar-refractivity contribution in [2.45, 2.75) is 91.3 Å². The minimum atomic E-state index is -3.67. The first kappa shape index (κ1) is 24.9. The fourth-order valence-electron chi connectivity index (χ4n) is 3.77. The minimum absolute atomic E-state index is 0.110. The van der Waals surface area contributed by atoms with Gasteiger partial charge in [0.2, 0.25) is 0 Å². The number of fused-ring (bicyclic) bond motifs is 2. The standard InChI is InChI=1S/C21H35NO4SSe2Si/c1-15-7-9-16(10-8-15)27(24,25)22-21(11-12-26-30(5,6)20(2,3)4)14-17(23)18-13-19(21)29-28-18/h7-10,17-19,22-23H,11-14H2,1-6H3/t17-,18-,19+,21+/m1/s1. The van der Waals surface area contributed by atoms with Crippen LogP contribution in [0.3, 0.4) is 0 Å². The van der Waals surface area contributed by atoms with Crippen molar-refractivity contribution in [3.8, 4) is 0 Å². The monoisotopic (exact) mass is 585 g/mol. The molecule has 1 saturated carbocycles. The van der Waals surface area contributed by atoms with E-state index in [1.165, 1.54) is 0 Å². The number of hydrogen-bond donors (Lipinski definition) is 2. The predicted molar refractivity (Wildman–Crippen MR) is 126 cm³/mol. The molecular formula is C21H35NO4SSe2Si. The fraction of sp³-hybridized carbons (Fsp3) is 0.714. The molecule has 1 aromatic rings. The summed E-state index contributed by atoms with van der Waals surface area (Å²) in [6, 6.07) is 7.00. The fourth-order valence-corrected chi connectivity index (χ4v) is 18.4. The van der Waals surface area contributed by atoms with Crippen LogP contribution in [0.5, 0.6) is 0 Å². The Morgan fingerprint density at radius 2 is 1.87 bits per heavy atom. The molecule has 1 heterocycles. The summed E-state index contributed by atoms with van der Waals surface area (Å²) in [6.45, 7) is 13.6. The topological polar surface area (TPSA) is 75.6 Å². The van der Waals surface area contributed by atoms with E-state index in [1.807, 2.05) is 19.1 Å². The molecule has 2 aliphatic rings. The molecule has 9 heteroatoms. The normalized spacial score (nSPS) is 29.9. The van der Waals surface area contributed by atoms with Gasteiger partial charge in [0.15, 0.2) is 0 Å². The van der Waals surface area contributed by atoms with Crippen LogP contribution in [0.1, 0.15) is 45.6 Å². The Hall–Kier alpha value is 0.306. The van der Waals surface area contributed by atoms with Crippen LogP contribution in [-0.2, 0) is 14.4 Å². The average Bonchev–Trinajstić information content (AvgIpc) is 3.07. The van der Waals surface area contributed by atoms with E-state index >= 15 is 0 Å². The number of hydrogen-bond acceptors (Lipinski definition) is 4. The van der Waals surface area contributed by atoms with Gasteiger partial charge >= 0.3 is 195 Å². The molecule has 1 aliphatic heterocycles. The van der Waals surface area contributed by atoms with Crippen LogP contribution in [0.4, 0.5) is 0 Å². The van der Waals surface area contributed by atoms with Crippen molar-refractivity contribution in [1.82, 2.24) is 4.72 Å². The van der Waals surface area contributed by atoms with E-state index in [2.05, 4.69) is 38.6 Å². The van der Waals surface area contributed by atoms with E-state index in [9.17, 15) is 13.5 Å². The molecule has 1 aliphatic carbocycles. The van der Waals surface area contributed by atoms with E-state index in [0.717, 1.165) is 12.0 Å². The van der Waals surface area contributed by atoms with Gasteiger partial charge in [-0.3, -0.25) is 0 Å². The summed E-state index contributed by atoms with van der Waals surface area (Å²) in [4.78, 5) is 1.02. The van der Waals surface area contributed by atoms with Crippen molar-refractivity contribution in [3.05, 3.63) is 29.8 Å². The first-order valence-electron chi connectivity index (χ1n) is 10.5. The average molecular weight is 584 g/mol. The Kier molecular flexibility index (Phi) is 7.42. The molecule has 170 valence electrons. The van der Waals surface area contributed by atoms with Gasteiger partial charge in [-0.05, 0) is 0 Å². The Labute approximate surface area is 194 Å². The van der Waals surface area contributed by atoms with E-state index in [-0.39, 0.29) is 5.04 Å². The number of sulfonamides is 1. The Morgan fingerprint density at radius 3 is 2.47 bits per heavy atom. The van der Waals surface area contributed by atoms with Gasteiger partial charge in [-0.15, -0.1) is 0 Å². The number of aliphatic hydroxyl groups is 1. The van der Waals surface area contributed by atoms with Gasteiger partial charge in [0.1, 0.15) is 0 Å². The second kappa shape index (κ2) is 8.92. The summed E-state index contributed by atoms with van der Waals surface area (Å²) in [5, 5.41) is 10.9. The summed E-state index contributed by atoms with van der Waals surface area (Å²) < 4.78 is 36.1. The molecule has 0 unspecified atom stereocenters. The quantitative estimate of drug-likeness (QED) is 0.482. The van der Waals surface area contributed by atoms with Gasteiger partial charge in [-0.1, -0.05) is 0 Å². The first-order valence-corrected chi connectivity index (χ1v) is 21.2. The zero-order valence-electron chi connectivity index (χ0n) is 18.8. The number of nitrogens with one attached hydrogen (secondary N) is 1. The van der Waals surface area contributed by atoms with E-state index in [4.69, 9.17) is 4.43 Å². The molecule has 0 spiro atoms. The molecule has 2 N–H and O–H groups in total. The van der Waals surface area contributed by atoms with Gasteiger partial charge in [0.05, 0.1) is 0 Å². The molecule has 0 aromatic heterocycles. The van der Waals surface area contributed by atoms with Crippen LogP contribution in [0.15, 0.2) is 29.2 Å². The van der Waals surface area contributed by atoms with Crippen molar-refractivity contribution in [2.75, 3.05) is 6.61 Å². The number of aliphatic hydroxyl groups excluding tert-OH is 1. The van der Waals surface area contributed by atoms with E-state index < -0.39 is 30.0 Å². The van der Waals surface area contributed by atoms with Crippen LogP contribution in [0, 0.1) is 6.92 Å². The van der Waals surface area contributed by atoms with Gasteiger partial charge in [0, 0.05) is 0 Å². The maximum absolute atomic E-state index is 13.3. The van der Waals surface area contributed by atoms with Crippen LogP contribution >= 0.6 is 0 Å². The van der Waals surface area contributed by atoms with Crippen LogP contribution in [-0.4, -0.2) is 66.4 Å². The molecule has 2 bridgehead atoms. The summed E-state index contributed by atoms with van der Waals surface area (Å²) >= 11 is 0.830. The molecule has 2 fully saturated rings. The Bertz CT molecular complexity index is 857. The zero-order valence-corrected chi connectivity index (χ0v) is 24.0. The Morgan fingerprint density at radius 1 is 1.23 bits per heavy atom. The second-order valence-electron chi connectivity index (χ2n) is 10.2.